The van der Waals surface area contributed by atoms with Crippen LogP contribution in [0.3, 0.4) is 0 Å². The summed E-state index contributed by atoms with van der Waals surface area (Å²) in [6, 6.07) is -0.757. The predicted octanol–water partition coefficient (Wildman–Crippen LogP) is 1.39. The second kappa shape index (κ2) is 5.72. The molecule has 0 aromatic carbocycles. The summed E-state index contributed by atoms with van der Waals surface area (Å²) in [5.74, 6) is -0.890. The van der Waals surface area contributed by atoms with E-state index in [1.807, 2.05) is 13.8 Å². The van der Waals surface area contributed by atoms with Crippen LogP contribution in [0.4, 0.5) is 4.79 Å². The van der Waals surface area contributed by atoms with E-state index in [0.29, 0.717) is 26.1 Å². The maximum atomic E-state index is 12.1. The van der Waals surface area contributed by atoms with E-state index in [2.05, 4.69) is 0 Å². The highest BCUT2D eigenvalue weighted by Crippen LogP contribution is 2.19. The van der Waals surface area contributed by atoms with Crippen LogP contribution in [0.15, 0.2) is 0 Å². The molecule has 0 aliphatic carbocycles. The van der Waals surface area contributed by atoms with E-state index >= 15 is 0 Å². The number of likely N-dealkylation sites (tertiary alicyclic amines) is 1. The van der Waals surface area contributed by atoms with Crippen LogP contribution in [0, 0.1) is 0 Å². The molecule has 0 saturated carbocycles. The molecular weight excluding hydrogens is 208 g/mol. The highest BCUT2D eigenvalue weighted by atomic mass is 16.4. The van der Waals surface area contributed by atoms with Crippen molar-refractivity contribution in [2.45, 2.75) is 39.2 Å². The largest absolute Gasteiger partial charge is 0.480 e. The molecule has 0 aromatic heterocycles. The molecule has 0 spiro atoms. The van der Waals surface area contributed by atoms with Crippen LogP contribution in [0.2, 0.25) is 0 Å². The van der Waals surface area contributed by atoms with E-state index in [4.69, 9.17) is 5.11 Å². The van der Waals surface area contributed by atoms with Crippen molar-refractivity contribution in [1.82, 2.24) is 9.80 Å². The van der Waals surface area contributed by atoms with Crippen LogP contribution in [0.25, 0.3) is 0 Å². The molecular formula is C11H20N2O3. The van der Waals surface area contributed by atoms with Gasteiger partial charge in [-0.2, -0.15) is 0 Å². The minimum absolute atomic E-state index is 0.130. The Kier molecular flexibility index (Phi) is 4.58. The van der Waals surface area contributed by atoms with Crippen molar-refractivity contribution in [3.05, 3.63) is 0 Å². The Morgan fingerprint density at radius 3 is 2.62 bits per heavy atom. The molecule has 0 unspecified atom stereocenters. The third-order valence-electron chi connectivity index (χ3n) is 2.93. The molecule has 1 heterocycles. The zero-order valence-electron chi connectivity index (χ0n) is 9.98. The normalized spacial score (nSPS) is 19.9. The zero-order valence-corrected chi connectivity index (χ0v) is 9.98. The van der Waals surface area contributed by atoms with Crippen LogP contribution in [0.5, 0.6) is 0 Å². The van der Waals surface area contributed by atoms with Gasteiger partial charge in [0.2, 0.25) is 0 Å². The molecule has 1 aliphatic heterocycles. The Balaban J connectivity index is 2.67. The van der Waals surface area contributed by atoms with Gasteiger partial charge in [-0.15, -0.1) is 0 Å². The molecule has 92 valence electrons. The van der Waals surface area contributed by atoms with E-state index in [0.717, 1.165) is 12.8 Å². The predicted molar refractivity (Wildman–Crippen MR) is 60.3 cm³/mol. The second-order valence-corrected chi connectivity index (χ2v) is 4.05. The fraction of sp³-hybridized carbons (Fsp3) is 0.818. The molecule has 1 fully saturated rings. The lowest BCUT2D eigenvalue weighted by Crippen LogP contribution is -2.48. The van der Waals surface area contributed by atoms with Crippen molar-refractivity contribution in [1.29, 1.82) is 0 Å². The van der Waals surface area contributed by atoms with Crippen LogP contribution < -0.4 is 0 Å². The minimum atomic E-state index is -0.890. The van der Waals surface area contributed by atoms with Crippen LogP contribution in [0.1, 0.15) is 33.1 Å². The summed E-state index contributed by atoms with van der Waals surface area (Å²) in [6.07, 6.45) is 2.25. The third-order valence-corrected chi connectivity index (χ3v) is 2.93. The van der Waals surface area contributed by atoms with Gasteiger partial charge in [0.15, 0.2) is 0 Å². The number of aliphatic carboxylic acids is 1. The van der Waals surface area contributed by atoms with Gasteiger partial charge in [0, 0.05) is 19.6 Å². The third kappa shape index (κ3) is 2.65. The highest BCUT2D eigenvalue weighted by molar-refractivity contribution is 5.83. The van der Waals surface area contributed by atoms with Gasteiger partial charge < -0.3 is 14.9 Å². The van der Waals surface area contributed by atoms with Crippen molar-refractivity contribution < 1.29 is 14.7 Å². The second-order valence-electron chi connectivity index (χ2n) is 4.05. The Labute approximate surface area is 96.0 Å². The number of rotatable bonds is 4. The van der Waals surface area contributed by atoms with Gasteiger partial charge in [0.25, 0.3) is 0 Å². The summed E-state index contributed by atoms with van der Waals surface area (Å²) in [6.45, 7) is 5.82. The maximum Gasteiger partial charge on any atom is 0.326 e. The van der Waals surface area contributed by atoms with Gasteiger partial charge in [0.1, 0.15) is 6.04 Å². The highest BCUT2D eigenvalue weighted by Gasteiger charge is 2.35. The SMILES string of the molecule is CCCN(CC)C(=O)N1CCC[C@@H]1C(=O)O. The van der Waals surface area contributed by atoms with Crippen molar-refractivity contribution in [3.63, 3.8) is 0 Å². The summed E-state index contributed by atoms with van der Waals surface area (Å²) in [4.78, 5) is 26.2. The van der Waals surface area contributed by atoms with E-state index in [9.17, 15) is 9.59 Å². The van der Waals surface area contributed by atoms with Gasteiger partial charge in [-0.25, -0.2) is 9.59 Å². The number of hydrogen-bond donors (Lipinski definition) is 1. The van der Waals surface area contributed by atoms with Gasteiger partial charge >= 0.3 is 12.0 Å². The lowest BCUT2D eigenvalue weighted by molar-refractivity contribution is -0.141. The van der Waals surface area contributed by atoms with Crippen LogP contribution in [-0.2, 0) is 4.79 Å². The van der Waals surface area contributed by atoms with Crippen molar-refractivity contribution >= 4 is 12.0 Å². The molecule has 1 atom stereocenters. The Morgan fingerprint density at radius 1 is 1.44 bits per heavy atom. The topological polar surface area (TPSA) is 60.9 Å². The first-order valence-corrected chi connectivity index (χ1v) is 5.90. The zero-order chi connectivity index (χ0) is 12.1. The van der Waals surface area contributed by atoms with E-state index < -0.39 is 12.0 Å². The standard InChI is InChI=1S/C11H20N2O3/c1-3-7-12(4-2)11(16)13-8-5-6-9(13)10(14)15/h9H,3-8H2,1-2H3,(H,14,15)/t9-/m1/s1. The molecule has 0 aromatic rings. The molecule has 16 heavy (non-hydrogen) atoms. The first-order chi connectivity index (χ1) is 7.61. The summed E-state index contributed by atoms with van der Waals surface area (Å²) >= 11 is 0. The average Bonchev–Trinajstić information content (AvgIpc) is 2.73. The van der Waals surface area contributed by atoms with Gasteiger partial charge in [-0.1, -0.05) is 6.92 Å². The number of carbonyl (C=O) groups excluding carboxylic acids is 1. The van der Waals surface area contributed by atoms with Crippen molar-refractivity contribution in [3.8, 4) is 0 Å². The lowest BCUT2D eigenvalue weighted by Gasteiger charge is -2.29. The minimum Gasteiger partial charge on any atom is -0.480 e. The fourth-order valence-corrected chi connectivity index (χ4v) is 2.09. The molecule has 1 N–H and O–H groups in total. The number of nitrogens with zero attached hydrogens (tertiary/aromatic N) is 2. The molecule has 1 rings (SSSR count). The first kappa shape index (κ1) is 12.8. The molecule has 1 aliphatic rings. The molecule has 0 bridgehead atoms. The fourth-order valence-electron chi connectivity index (χ4n) is 2.09. The molecule has 1 saturated heterocycles. The summed E-state index contributed by atoms with van der Waals surface area (Å²) in [7, 11) is 0. The Hall–Kier alpha value is -1.26. The van der Waals surface area contributed by atoms with Gasteiger partial charge in [0.05, 0.1) is 0 Å². The Bertz CT molecular complexity index is 268. The van der Waals surface area contributed by atoms with Crippen molar-refractivity contribution in [2.24, 2.45) is 0 Å². The molecule has 0 radical (unpaired) electrons. The van der Waals surface area contributed by atoms with Gasteiger partial charge in [-0.05, 0) is 26.2 Å². The number of hydrogen-bond acceptors (Lipinski definition) is 2. The number of amides is 2. The number of carboxylic acid groups (broad SMARTS) is 1. The van der Waals surface area contributed by atoms with Gasteiger partial charge in [-0.3, -0.25) is 0 Å². The molecule has 2 amide bonds. The number of carbonyl (C=O) groups is 2. The number of urea groups is 1. The summed E-state index contributed by atoms with van der Waals surface area (Å²) in [5, 5.41) is 9.00. The monoisotopic (exact) mass is 228 g/mol. The number of carboxylic acids is 1. The summed E-state index contributed by atoms with van der Waals surface area (Å²) < 4.78 is 0. The lowest BCUT2D eigenvalue weighted by atomic mass is 10.2. The molecule has 5 nitrogen and oxygen atoms in total. The van der Waals surface area contributed by atoms with Crippen molar-refractivity contribution in [2.75, 3.05) is 19.6 Å². The first-order valence-electron chi connectivity index (χ1n) is 5.90. The smallest absolute Gasteiger partial charge is 0.326 e. The Morgan fingerprint density at radius 2 is 2.12 bits per heavy atom. The van der Waals surface area contributed by atoms with Crippen LogP contribution >= 0.6 is 0 Å². The molecule has 5 heteroatoms. The maximum absolute atomic E-state index is 12.1. The summed E-state index contributed by atoms with van der Waals surface area (Å²) in [5.41, 5.74) is 0. The van der Waals surface area contributed by atoms with E-state index in [1.165, 1.54) is 4.90 Å². The van der Waals surface area contributed by atoms with E-state index in [-0.39, 0.29) is 6.03 Å². The quantitative estimate of drug-likeness (QED) is 0.791. The van der Waals surface area contributed by atoms with Crippen LogP contribution in [-0.4, -0.2) is 52.6 Å². The van der Waals surface area contributed by atoms with E-state index in [1.54, 1.807) is 4.90 Å². The average molecular weight is 228 g/mol.